The normalized spacial score (nSPS) is 12.9. The molecule has 0 atom stereocenters. The van der Waals surface area contributed by atoms with Gasteiger partial charge in [-0.05, 0) is 6.07 Å². The lowest BCUT2D eigenvalue weighted by molar-refractivity contribution is -0.0373. The molecule has 0 saturated heterocycles. The van der Waals surface area contributed by atoms with Gasteiger partial charge in [-0.1, -0.05) is 20.8 Å². The van der Waals surface area contributed by atoms with Crippen LogP contribution in [0.25, 0.3) is 5.52 Å². The molecule has 7 heteroatoms. The average Bonchev–Trinajstić information content (AvgIpc) is 2.80. The summed E-state index contributed by atoms with van der Waals surface area (Å²) in [5, 5.41) is 15.5. The molecule has 110 valence electrons. The molecule has 0 fully saturated rings. The molecule has 0 spiro atoms. The molecule has 2 aromatic rings. The lowest BCUT2D eigenvalue weighted by atomic mass is 9.92. The Morgan fingerprint density at radius 2 is 2.05 bits per heavy atom. The molecule has 0 aromatic carbocycles. The molecule has 2 heterocycles. The second-order valence-corrected chi connectivity index (χ2v) is 5.75. The molecule has 0 radical (unpaired) electrons. The Morgan fingerprint density at radius 3 is 2.65 bits per heavy atom. The molecule has 0 unspecified atom stereocenters. The molecule has 2 N–H and O–H groups in total. The largest absolute Gasteiger partial charge is 0.390 e. The number of rotatable bonds is 4. The van der Waals surface area contributed by atoms with Crippen LogP contribution in [0, 0.1) is 0 Å². The number of aliphatic hydroxyl groups is 1. The van der Waals surface area contributed by atoms with Crippen LogP contribution in [0.5, 0.6) is 0 Å². The molecule has 0 amide bonds. The van der Waals surface area contributed by atoms with Gasteiger partial charge >= 0.3 is 0 Å². The van der Waals surface area contributed by atoms with Gasteiger partial charge in [0.1, 0.15) is 12.1 Å². The number of halogens is 2. The van der Waals surface area contributed by atoms with Gasteiger partial charge in [-0.25, -0.2) is 18.3 Å². The fourth-order valence-corrected chi connectivity index (χ4v) is 1.69. The van der Waals surface area contributed by atoms with Crippen LogP contribution in [0.2, 0.25) is 0 Å². The van der Waals surface area contributed by atoms with Gasteiger partial charge < -0.3 is 10.4 Å². The highest BCUT2D eigenvalue weighted by Gasteiger charge is 2.28. The van der Waals surface area contributed by atoms with Gasteiger partial charge in [0.15, 0.2) is 5.82 Å². The van der Waals surface area contributed by atoms with Crippen molar-refractivity contribution < 1.29 is 13.9 Å². The number of hydrogen-bond donors (Lipinski definition) is 2. The van der Waals surface area contributed by atoms with Crippen LogP contribution in [-0.4, -0.2) is 38.8 Å². The first-order chi connectivity index (χ1) is 9.23. The average molecular weight is 284 g/mol. The summed E-state index contributed by atoms with van der Waals surface area (Å²) >= 11 is 0. The standard InChI is InChI=1S/C13H18F2N4O/c1-12(2,3)10-6-9-11(16-4-5-19(9)18-10)17-7-13(14,15)8-20/h4-6,20H,7-8H2,1-3H3,(H,16,17). The van der Waals surface area contributed by atoms with Crippen LogP contribution in [0.4, 0.5) is 14.6 Å². The maximum atomic E-state index is 13.1. The van der Waals surface area contributed by atoms with E-state index in [2.05, 4.69) is 15.4 Å². The highest BCUT2D eigenvalue weighted by atomic mass is 19.3. The van der Waals surface area contributed by atoms with Crippen molar-refractivity contribution in [2.75, 3.05) is 18.5 Å². The number of aliphatic hydroxyl groups excluding tert-OH is 1. The van der Waals surface area contributed by atoms with Gasteiger partial charge in [0, 0.05) is 17.8 Å². The third-order valence-corrected chi connectivity index (χ3v) is 2.90. The van der Waals surface area contributed by atoms with Crippen molar-refractivity contribution in [3.63, 3.8) is 0 Å². The molecule has 0 saturated carbocycles. The Morgan fingerprint density at radius 1 is 1.35 bits per heavy atom. The van der Waals surface area contributed by atoms with Gasteiger partial charge in [-0.15, -0.1) is 0 Å². The molecule has 0 aliphatic carbocycles. The topological polar surface area (TPSA) is 62.5 Å². The monoisotopic (exact) mass is 284 g/mol. The van der Waals surface area contributed by atoms with Gasteiger partial charge in [-0.2, -0.15) is 5.10 Å². The predicted molar refractivity (Wildman–Crippen MR) is 72.2 cm³/mol. The minimum atomic E-state index is -3.18. The quantitative estimate of drug-likeness (QED) is 0.902. The molecule has 2 aromatic heterocycles. The predicted octanol–water partition coefficient (Wildman–Crippen LogP) is 2.07. The second kappa shape index (κ2) is 4.97. The number of nitrogens with one attached hydrogen (secondary N) is 1. The molecule has 20 heavy (non-hydrogen) atoms. The minimum Gasteiger partial charge on any atom is -0.390 e. The lowest BCUT2D eigenvalue weighted by Gasteiger charge is -2.14. The fraction of sp³-hybridized carbons (Fsp3) is 0.538. The Labute approximate surface area is 115 Å². The zero-order valence-electron chi connectivity index (χ0n) is 11.7. The summed E-state index contributed by atoms with van der Waals surface area (Å²) in [6, 6.07) is 1.83. The fourth-order valence-electron chi connectivity index (χ4n) is 1.69. The van der Waals surface area contributed by atoms with E-state index in [4.69, 9.17) is 5.11 Å². The van der Waals surface area contributed by atoms with Gasteiger partial charge in [-0.3, -0.25) is 0 Å². The number of fused-ring (bicyclic) bond motifs is 1. The Balaban J connectivity index is 2.32. The van der Waals surface area contributed by atoms with E-state index < -0.39 is 19.1 Å². The van der Waals surface area contributed by atoms with E-state index in [9.17, 15) is 8.78 Å². The lowest BCUT2D eigenvalue weighted by Crippen LogP contribution is -2.31. The molecule has 0 aliphatic rings. The molecule has 2 rings (SSSR count). The number of aromatic nitrogens is 3. The SMILES string of the molecule is CC(C)(C)c1cc2c(NCC(F)(F)CO)nccn2n1. The summed E-state index contributed by atoms with van der Waals surface area (Å²) in [5.74, 6) is -2.86. The summed E-state index contributed by atoms with van der Waals surface area (Å²) in [4.78, 5) is 4.05. The van der Waals surface area contributed by atoms with E-state index in [-0.39, 0.29) is 5.41 Å². The van der Waals surface area contributed by atoms with Crippen molar-refractivity contribution in [2.24, 2.45) is 0 Å². The van der Waals surface area contributed by atoms with Crippen molar-refractivity contribution in [2.45, 2.75) is 32.1 Å². The number of alkyl halides is 2. The Bertz CT molecular complexity index is 604. The van der Waals surface area contributed by atoms with Crippen LogP contribution < -0.4 is 5.32 Å². The Hall–Kier alpha value is -1.76. The number of nitrogens with zero attached hydrogens (tertiary/aromatic N) is 3. The summed E-state index contributed by atoms with van der Waals surface area (Å²) in [6.45, 7) is 4.20. The van der Waals surface area contributed by atoms with Crippen LogP contribution >= 0.6 is 0 Å². The van der Waals surface area contributed by atoms with E-state index >= 15 is 0 Å². The zero-order valence-corrected chi connectivity index (χ0v) is 11.7. The van der Waals surface area contributed by atoms with E-state index in [1.54, 1.807) is 10.7 Å². The smallest absolute Gasteiger partial charge is 0.287 e. The summed E-state index contributed by atoms with van der Waals surface area (Å²) in [7, 11) is 0. The summed E-state index contributed by atoms with van der Waals surface area (Å²) in [6.07, 6.45) is 3.16. The second-order valence-electron chi connectivity index (χ2n) is 5.75. The first-order valence-corrected chi connectivity index (χ1v) is 6.30. The zero-order chi connectivity index (χ0) is 15.0. The van der Waals surface area contributed by atoms with Gasteiger partial charge in [0.05, 0.1) is 12.2 Å². The number of anilines is 1. The summed E-state index contributed by atoms with van der Waals surface area (Å²) < 4.78 is 27.7. The van der Waals surface area contributed by atoms with E-state index in [0.29, 0.717) is 11.3 Å². The van der Waals surface area contributed by atoms with Crippen LogP contribution in [0.3, 0.4) is 0 Å². The Kier molecular flexibility index (Phi) is 3.64. The van der Waals surface area contributed by atoms with Gasteiger partial charge in [0.2, 0.25) is 0 Å². The van der Waals surface area contributed by atoms with Crippen molar-refractivity contribution in [1.29, 1.82) is 0 Å². The first kappa shape index (κ1) is 14.6. The maximum absolute atomic E-state index is 13.1. The first-order valence-electron chi connectivity index (χ1n) is 6.30. The van der Waals surface area contributed by atoms with Crippen molar-refractivity contribution in [1.82, 2.24) is 14.6 Å². The van der Waals surface area contributed by atoms with Crippen LogP contribution in [0.1, 0.15) is 26.5 Å². The van der Waals surface area contributed by atoms with Gasteiger partial charge in [0.25, 0.3) is 5.92 Å². The number of hydrogen-bond acceptors (Lipinski definition) is 4. The van der Waals surface area contributed by atoms with E-state index in [1.165, 1.54) is 6.20 Å². The molecular formula is C13H18F2N4O. The van der Waals surface area contributed by atoms with E-state index in [0.717, 1.165) is 5.69 Å². The van der Waals surface area contributed by atoms with E-state index in [1.807, 2.05) is 26.8 Å². The highest BCUT2D eigenvalue weighted by Crippen LogP contribution is 2.25. The minimum absolute atomic E-state index is 0.141. The maximum Gasteiger partial charge on any atom is 0.287 e. The molecule has 0 aliphatic heterocycles. The highest BCUT2D eigenvalue weighted by molar-refractivity contribution is 5.68. The summed E-state index contributed by atoms with van der Waals surface area (Å²) in [5.41, 5.74) is 1.34. The van der Waals surface area contributed by atoms with Crippen LogP contribution in [0.15, 0.2) is 18.5 Å². The molecule has 0 bridgehead atoms. The molecular weight excluding hydrogens is 266 g/mol. The third kappa shape index (κ3) is 3.04. The van der Waals surface area contributed by atoms with Crippen LogP contribution in [-0.2, 0) is 5.41 Å². The third-order valence-electron chi connectivity index (χ3n) is 2.90. The van der Waals surface area contributed by atoms with Crippen molar-refractivity contribution in [3.8, 4) is 0 Å². The van der Waals surface area contributed by atoms with Crippen molar-refractivity contribution in [3.05, 3.63) is 24.2 Å². The van der Waals surface area contributed by atoms with Crippen molar-refractivity contribution >= 4 is 11.3 Å². The molecule has 5 nitrogen and oxygen atoms in total.